The second-order valence-electron chi connectivity index (χ2n) is 5.31. The molecule has 2 rings (SSSR count). The predicted molar refractivity (Wildman–Crippen MR) is 93.1 cm³/mol. The Morgan fingerprint density at radius 2 is 1.72 bits per heavy atom. The van der Waals surface area contributed by atoms with Crippen molar-refractivity contribution in [1.29, 1.82) is 0 Å². The molecule has 0 N–H and O–H groups in total. The van der Waals surface area contributed by atoms with Crippen LogP contribution in [0.3, 0.4) is 0 Å². The summed E-state index contributed by atoms with van der Waals surface area (Å²) in [4.78, 5) is 24.5. The standard InChI is InChI=1S/C18H20N2O5/c1-4-19(12-13-5-10-16(24-2)17(11-13)25-3)18(21)14-6-8-15(9-7-14)20(22)23/h5-11H,4,12H2,1-3H3. The third kappa shape index (κ3) is 4.26. The molecule has 25 heavy (non-hydrogen) atoms. The molecule has 0 saturated carbocycles. The number of carbonyl (C=O) groups excluding carboxylic acids is 1. The Morgan fingerprint density at radius 1 is 1.08 bits per heavy atom. The van der Waals surface area contributed by atoms with E-state index in [-0.39, 0.29) is 11.6 Å². The van der Waals surface area contributed by atoms with Crippen molar-refractivity contribution in [3.05, 3.63) is 63.7 Å². The Morgan fingerprint density at radius 3 is 2.24 bits per heavy atom. The van der Waals surface area contributed by atoms with Crippen molar-refractivity contribution >= 4 is 11.6 Å². The Bertz CT molecular complexity index is 759. The number of carbonyl (C=O) groups is 1. The van der Waals surface area contributed by atoms with Crippen LogP contribution in [-0.2, 0) is 6.54 Å². The number of ether oxygens (including phenoxy) is 2. The third-order valence-electron chi connectivity index (χ3n) is 3.82. The molecule has 0 saturated heterocycles. The molecule has 2 aromatic carbocycles. The van der Waals surface area contributed by atoms with Gasteiger partial charge < -0.3 is 14.4 Å². The summed E-state index contributed by atoms with van der Waals surface area (Å²) in [5.41, 5.74) is 1.27. The predicted octanol–water partition coefficient (Wildman–Crippen LogP) is 3.27. The maximum absolute atomic E-state index is 12.6. The van der Waals surface area contributed by atoms with Crippen molar-refractivity contribution in [2.75, 3.05) is 20.8 Å². The maximum atomic E-state index is 12.6. The van der Waals surface area contributed by atoms with Gasteiger partial charge in [0.2, 0.25) is 0 Å². The van der Waals surface area contributed by atoms with Crippen LogP contribution in [-0.4, -0.2) is 36.5 Å². The Balaban J connectivity index is 2.18. The summed E-state index contributed by atoms with van der Waals surface area (Å²) in [6.45, 7) is 2.78. The van der Waals surface area contributed by atoms with E-state index in [9.17, 15) is 14.9 Å². The zero-order valence-electron chi connectivity index (χ0n) is 14.4. The van der Waals surface area contributed by atoms with Gasteiger partial charge in [0.15, 0.2) is 11.5 Å². The Hall–Kier alpha value is -3.09. The van der Waals surface area contributed by atoms with Gasteiger partial charge in [-0.15, -0.1) is 0 Å². The minimum Gasteiger partial charge on any atom is -0.493 e. The highest BCUT2D eigenvalue weighted by molar-refractivity contribution is 5.94. The zero-order chi connectivity index (χ0) is 18.4. The van der Waals surface area contributed by atoms with E-state index in [0.29, 0.717) is 30.2 Å². The van der Waals surface area contributed by atoms with Gasteiger partial charge in [-0.25, -0.2) is 0 Å². The van der Waals surface area contributed by atoms with E-state index >= 15 is 0 Å². The highest BCUT2D eigenvalue weighted by Crippen LogP contribution is 2.28. The van der Waals surface area contributed by atoms with Crippen LogP contribution in [0.15, 0.2) is 42.5 Å². The normalized spacial score (nSPS) is 10.2. The summed E-state index contributed by atoms with van der Waals surface area (Å²) < 4.78 is 10.5. The van der Waals surface area contributed by atoms with E-state index in [4.69, 9.17) is 9.47 Å². The fraction of sp³-hybridized carbons (Fsp3) is 0.278. The number of benzene rings is 2. The van der Waals surface area contributed by atoms with Crippen LogP contribution in [0.1, 0.15) is 22.8 Å². The molecule has 7 heteroatoms. The van der Waals surface area contributed by atoms with Gasteiger partial charge in [0.25, 0.3) is 11.6 Å². The lowest BCUT2D eigenvalue weighted by molar-refractivity contribution is -0.384. The average Bonchev–Trinajstić information content (AvgIpc) is 2.65. The molecule has 2 aromatic rings. The minimum atomic E-state index is -0.491. The highest BCUT2D eigenvalue weighted by atomic mass is 16.6. The molecule has 0 atom stereocenters. The van der Waals surface area contributed by atoms with E-state index in [0.717, 1.165) is 5.56 Å². The van der Waals surface area contributed by atoms with Gasteiger partial charge in [-0.05, 0) is 36.8 Å². The minimum absolute atomic E-state index is 0.0421. The van der Waals surface area contributed by atoms with Crippen molar-refractivity contribution < 1.29 is 19.2 Å². The summed E-state index contributed by atoms with van der Waals surface area (Å²) in [7, 11) is 3.12. The number of nitro benzene ring substituents is 1. The molecule has 0 bridgehead atoms. The molecule has 0 fully saturated rings. The first-order valence-corrected chi connectivity index (χ1v) is 7.74. The van der Waals surface area contributed by atoms with Crippen LogP contribution in [0.2, 0.25) is 0 Å². The number of rotatable bonds is 7. The lowest BCUT2D eigenvalue weighted by atomic mass is 10.1. The van der Waals surface area contributed by atoms with Gasteiger partial charge in [-0.1, -0.05) is 6.07 Å². The number of nitro groups is 1. The molecule has 0 radical (unpaired) electrons. The fourth-order valence-corrected chi connectivity index (χ4v) is 2.43. The molecule has 0 unspecified atom stereocenters. The summed E-state index contributed by atoms with van der Waals surface area (Å²) >= 11 is 0. The van der Waals surface area contributed by atoms with E-state index in [1.807, 2.05) is 19.1 Å². The van der Waals surface area contributed by atoms with Crippen molar-refractivity contribution in [2.45, 2.75) is 13.5 Å². The van der Waals surface area contributed by atoms with Crippen LogP contribution >= 0.6 is 0 Å². The first kappa shape index (κ1) is 18.3. The van der Waals surface area contributed by atoms with Crippen molar-refractivity contribution in [3.8, 4) is 11.5 Å². The highest BCUT2D eigenvalue weighted by Gasteiger charge is 2.17. The molecule has 0 aliphatic heterocycles. The molecule has 0 heterocycles. The molecular weight excluding hydrogens is 324 g/mol. The van der Waals surface area contributed by atoms with Crippen LogP contribution in [0, 0.1) is 10.1 Å². The topological polar surface area (TPSA) is 81.9 Å². The average molecular weight is 344 g/mol. The molecule has 1 amide bonds. The Kier molecular flexibility index (Phi) is 5.94. The largest absolute Gasteiger partial charge is 0.493 e. The zero-order valence-corrected chi connectivity index (χ0v) is 14.4. The smallest absolute Gasteiger partial charge is 0.269 e. The van der Waals surface area contributed by atoms with Gasteiger partial charge in [0.05, 0.1) is 19.1 Å². The quantitative estimate of drug-likeness (QED) is 0.569. The molecule has 0 aliphatic carbocycles. The van der Waals surface area contributed by atoms with Gasteiger partial charge in [0, 0.05) is 30.8 Å². The molecule has 0 aliphatic rings. The summed E-state index contributed by atoms with van der Waals surface area (Å²) in [6, 6.07) is 11.1. The van der Waals surface area contributed by atoms with Crippen molar-refractivity contribution in [1.82, 2.24) is 4.90 Å². The molecule has 0 aromatic heterocycles. The van der Waals surface area contributed by atoms with Crippen molar-refractivity contribution in [3.63, 3.8) is 0 Å². The summed E-state index contributed by atoms with van der Waals surface area (Å²) in [6.07, 6.45) is 0. The summed E-state index contributed by atoms with van der Waals surface area (Å²) in [5, 5.41) is 10.7. The number of methoxy groups -OCH3 is 2. The van der Waals surface area contributed by atoms with Gasteiger partial charge in [0.1, 0.15) is 0 Å². The van der Waals surface area contributed by atoms with Gasteiger partial charge in [-0.2, -0.15) is 0 Å². The molecule has 0 spiro atoms. The number of hydrogen-bond acceptors (Lipinski definition) is 5. The number of non-ortho nitro benzene ring substituents is 1. The Labute approximate surface area is 145 Å². The third-order valence-corrected chi connectivity index (χ3v) is 3.82. The van der Waals surface area contributed by atoms with E-state index in [2.05, 4.69) is 0 Å². The first-order chi connectivity index (χ1) is 12.0. The maximum Gasteiger partial charge on any atom is 0.269 e. The second-order valence-corrected chi connectivity index (χ2v) is 5.31. The lowest BCUT2D eigenvalue weighted by Gasteiger charge is -2.21. The van der Waals surface area contributed by atoms with Gasteiger partial charge in [-0.3, -0.25) is 14.9 Å². The number of hydrogen-bond donors (Lipinski definition) is 0. The second kappa shape index (κ2) is 8.14. The number of nitrogens with zero attached hydrogens (tertiary/aromatic N) is 2. The SMILES string of the molecule is CCN(Cc1ccc(OC)c(OC)c1)C(=O)c1ccc([N+](=O)[O-])cc1. The van der Waals surface area contributed by atoms with Crippen LogP contribution in [0.5, 0.6) is 11.5 Å². The van der Waals surface area contributed by atoms with Crippen LogP contribution < -0.4 is 9.47 Å². The summed E-state index contributed by atoms with van der Waals surface area (Å²) in [5.74, 6) is 1.03. The molecular formula is C18H20N2O5. The van der Waals surface area contributed by atoms with Crippen molar-refractivity contribution in [2.24, 2.45) is 0 Å². The van der Waals surface area contributed by atoms with E-state index < -0.39 is 4.92 Å². The first-order valence-electron chi connectivity index (χ1n) is 7.74. The van der Waals surface area contributed by atoms with E-state index in [1.54, 1.807) is 25.2 Å². The monoisotopic (exact) mass is 344 g/mol. The van der Waals surface area contributed by atoms with Crippen LogP contribution in [0.4, 0.5) is 5.69 Å². The number of amides is 1. The lowest BCUT2D eigenvalue weighted by Crippen LogP contribution is -2.30. The molecule has 7 nitrogen and oxygen atoms in total. The van der Waals surface area contributed by atoms with E-state index in [1.165, 1.54) is 24.3 Å². The van der Waals surface area contributed by atoms with Crippen LogP contribution in [0.25, 0.3) is 0 Å². The van der Waals surface area contributed by atoms with Gasteiger partial charge >= 0.3 is 0 Å². The fourth-order valence-electron chi connectivity index (χ4n) is 2.43. The molecule has 132 valence electrons.